The van der Waals surface area contributed by atoms with Crippen LogP contribution in [-0.4, -0.2) is 41.9 Å². The van der Waals surface area contributed by atoms with Crippen LogP contribution in [-0.2, 0) is 12.0 Å². The van der Waals surface area contributed by atoms with Gasteiger partial charge in [-0.25, -0.2) is 8.78 Å². The molecule has 1 N–H and O–H groups in total. The molecule has 0 unspecified atom stereocenters. The molecule has 3 nitrogen and oxygen atoms in total. The van der Waals surface area contributed by atoms with Gasteiger partial charge in [-0.3, -0.25) is 0 Å². The molecule has 3 aromatic rings. The van der Waals surface area contributed by atoms with Gasteiger partial charge in [-0.05, 0) is 24.1 Å². The number of aryl methyl sites for hydroxylation is 1. The molecule has 11 heteroatoms. The summed E-state index contributed by atoms with van der Waals surface area (Å²) in [5.74, 6) is -2.25. The zero-order chi connectivity index (χ0) is 25.5. The van der Waals surface area contributed by atoms with Crippen LogP contribution in [0, 0.1) is 18.6 Å². The Labute approximate surface area is 209 Å². The summed E-state index contributed by atoms with van der Waals surface area (Å²) < 4.78 is 67.0. The second kappa shape index (κ2) is 9.47. The van der Waals surface area contributed by atoms with Gasteiger partial charge in [0.25, 0.3) is 0 Å². The molecule has 4 rings (SSSR count). The van der Waals surface area contributed by atoms with Crippen LogP contribution in [0.3, 0.4) is 0 Å². The summed E-state index contributed by atoms with van der Waals surface area (Å²) in [5.41, 5.74) is 0.785. The molecule has 0 bridgehead atoms. The van der Waals surface area contributed by atoms with Crippen LogP contribution in [0.5, 0.6) is 11.5 Å². The Kier molecular flexibility index (Phi) is 6.90. The molecule has 35 heavy (non-hydrogen) atoms. The van der Waals surface area contributed by atoms with Gasteiger partial charge < -0.3 is 14.8 Å². The third-order valence-electron chi connectivity index (χ3n) is 6.04. The molecular weight excluding hydrogens is 478 g/mol. The molecule has 1 aliphatic rings. The Hall–Kier alpha value is -2.58. The lowest BCUT2D eigenvalue weighted by molar-refractivity contribution is -0.0521. The van der Waals surface area contributed by atoms with E-state index in [1.54, 1.807) is 6.92 Å². The van der Waals surface area contributed by atoms with E-state index >= 15 is 8.78 Å². The minimum Gasteiger partial charge on any atom is -0.480 e. The number of hydrogen-bond acceptors (Lipinski definition) is 3. The number of alkyl halides is 2. The van der Waals surface area contributed by atoms with E-state index in [4.69, 9.17) is 16.3 Å². The van der Waals surface area contributed by atoms with Crippen LogP contribution in [0.4, 0.5) is 17.6 Å². The molecule has 0 spiro atoms. The van der Waals surface area contributed by atoms with Crippen molar-refractivity contribution in [3.63, 3.8) is 0 Å². The Bertz CT molecular complexity index is 1260. The Balaban J connectivity index is 1.91. The smallest absolute Gasteiger partial charge is 0.387 e. The summed E-state index contributed by atoms with van der Waals surface area (Å²) in [6.45, 7) is -1.24. The van der Waals surface area contributed by atoms with E-state index in [1.807, 2.05) is 53.9 Å². The summed E-state index contributed by atoms with van der Waals surface area (Å²) in [6.07, 6.45) is 0.254. The Morgan fingerprint density at radius 3 is 2.43 bits per heavy atom. The van der Waals surface area contributed by atoms with Crippen LogP contribution in [0.25, 0.3) is 11.1 Å². The largest absolute Gasteiger partial charge is 0.480 e. The van der Waals surface area contributed by atoms with E-state index in [2.05, 4.69) is 10.1 Å². The highest BCUT2D eigenvalue weighted by Crippen LogP contribution is 2.50. The van der Waals surface area contributed by atoms with Crippen LogP contribution >= 0.6 is 11.6 Å². The van der Waals surface area contributed by atoms with Crippen LogP contribution in [0.15, 0.2) is 48.5 Å². The van der Waals surface area contributed by atoms with Crippen molar-refractivity contribution < 1.29 is 27.0 Å². The average Bonchev–Trinajstić information content (AvgIpc) is 3.16. The second-order valence-electron chi connectivity index (χ2n) is 9.71. The normalized spacial score (nSPS) is 17.3. The van der Waals surface area contributed by atoms with Crippen molar-refractivity contribution in [1.29, 1.82) is 0 Å². The fourth-order valence-electron chi connectivity index (χ4n) is 4.36. The zero-order valence-electron chi connectivity index (χ0n) is 19.8. The van der Waals surface area contributed by atoms with E-state index in [0.29, 0.717) is 17.7 Å². The van der Waals surface area contributed by atoms with Crippen molar-refractivity contribution in [1.82, 2.24) is 5.32 Å². The average molecular weight is 501 g/mol. The fourth-order valence-corrected chi connectivity index (χ4v) is 4.62. The number of halogens is 5. The maximum absolute atomic E-state index is 15.5. The predicted molar refractivity (Wildman–Crippen MR) is 137 cm³/mol. The quantitative estimate of drug-likeness (QED) is 0.399. The zero-order valence-corrected chi connectivity index (χ0v) is 20.6. The number of benzene rings is 3. The summed E-state index contributed by atoms with van der Waals surface area (Å²) >= 11 is 6.40. The van der Waals surface area contributed by atoms with Crippen molar-refractivity contribution >= 4 is 35.1 Å². The molecule has 0 aromatic heterocycles. The van der Waals surface area contributed by atoms with Gasteiger partial charge in [-0.2, -0.15) is 8.78 Å². The first kappa shape index (κ1) is 25.5. The van der Waals surface area contributed by atoms with Gasteiger partial charge in [0, 0.05) is 35.7 Å². The van der Waals surface area contributed by atoms with Crippen molar-refractivity contribution in [3.8, 4) is 22.6 Å². The first-order valence-corrected chi connectivity index (χ1v) is 11.5. The highest BCUT2D eigenvalue weighted by Gasteiger charge is 2.44. The molecule has 180 valence electrons. The highest BCUT2D eigenvalue weighted by molar-refractivity contribution is 6.59. The molecule has 0 aliphatic carbocycles. The van der Waals surface area contributed by atoms with Gasteiger partial charge in [-0.15, -0.1) is 0 Å². The van der Waals surface area contributed by atoms with Crippen molar-refractivity contribution in [2.75, 3.05) is 6.54 Å². The summed E-state index contributed by atoms with van der Waals surface area (Å²) in [4.78, 5) is 0. The second-order valence-corrected chi connectivity index (χ2v) is 10.1. The standard InChI is InChI=1S/C24H23B3ClF4NO2/c1-12-7-8-16(34-22(31)32)21(30)18(12)19-14-10-23(11-33-24(25,26)27,13-5-3-2-4-6-13)35-17(14)9-15(29)20(19)28/h2-9,22,33H,10-11,25-27H2,1H3/t23-/m1/s1. The van der Waals surface area contributed by atoms with Crippen molar-refractivity contribution in [3.05, 3.63) is 81.9 Å². The Morgan fingerprint density at radius 1 is 1.11 bits per heavy atom. The van der Waals surface area contributed by atoms with Crippen LogP contribution in [0.2, 0.25) is 5.02 Å². The van der Waals surface area contributed by atoms with Gasteiger partial charge in [0.05, 0.1) is 5.02 Å². The number of hydrogen-bond donors (Lipinski definition) is 1. The number of ether oxygens (including phenoxy) is 2. The molecule has 0 saturated carbocycles. The van der Waals surface area contributed by atoms with Crippen LogP contribution in [0.1, 0.15) is 16.7 Å². The molecule has 0 radical (unpaired) electrons. The first-order chi connectivity index (χ1) is 16.4. The Morgan fingerprint density at radius 2 is 1.80 bits per heavy atom. The minimum atomic E-state index is -3.22. The lowest BCUT2D eigenvalue weighted by atomic mass is 9.49. The van der Waals surface area contributed by atoms with Crippen molar-refractivity contribution in [2.24, 2.45) is 0 Å². The molecule has 0 amide bonds. The SMILES string of the molecule is BC(B)(B)NC[C@@]1(c2ccccc2)Cc2c(cc(F)c(Cl)c2-c2c(C)ccc(OC(F)F)c2F)O1. The number of fused-ring (bicyclic) bond motifs is 1. The summed E-state index contributed by atoms with van der Waals surface area (Å²) in [6, 6.07) is 13.2. The third-order valence-corrected chi connectivity index (χ3v) is 6.41. The first-order valence-electron chi connectivity index (χ1n) is 11.2. The van der Waals surface area contributed by atoms with Gasteiger partial charge in [0.2, 0.25) is 0 Å². The van der Waals surface area contributed by atoms with Gasteiger partial charge >= 0.3 is 6.61 Å². The molecule has 1 heterocycles. The van der Waals surface area contributed by atoms with E-state index in [1.165, 1.54) is 12.1 Å². The topological polar surface area (TPSA) is 30.5 Å². The summed E-state index contributed by atoms with van der Waals surface area (Å²) in [7, 11) is 6.05. The monoisotopic (exact) mass is 501 g/mol. The number of nitrogens with one attached hydrogen (secondary N) is 1. The molecule has 1 atom stereocenters. The maximum atomic E-state index is 15.5. The molecular formula is C24H23B3ClF4NO2. The molecule has 3 aromatic carbocycles. The maximum Gasteiger partial charge on any atom is 0.387 e. The lowest BCUT2D eigenvalue weighted by Gasteiger charge is -2.33. The molecule has 0 saturated heterocycles. The minimum absolute atomic E-state index is 0.0740. The fraction of sp³-hybridized carbons (Fsp3) is 0.250. The third kappa shape index (κ3) is 5.05. The lowest BCUT2D eigenvalue weighted by Crippen LogP contribution is -2.54. The van der Waals surface area contributed by atoms with E-state index in [0.717, 1.165) is 11.6 Å². The molecule has 0 fully saturated rings. The van der Waals surface area contributed by atoms with E-state index in [9.17, 15) is 8.78 Å². The van der Waals surface area contributed by atoms with Crippen molar-refractivity contribution in [2.45, 2.75) is 30.8 Å². The number of rotatable bonds is 7. The van der Waals surface area contributed by atoms with Gasteiger partial charge in [0.15, 0.2) is 17.2 Å². The van der Waals surface area contributed by atoms with E-state index < -0.39 is 29.6 Å². The summed E-state index contributed by atoms with van der Waals surface area (Å²) in [5, 5.41) is 2.90. The predicted octanol–water partition coefficient (Wildman–Crippen LogP) is 3.13. The highest BCUT2D eigenvalue weighted by atomic mass is 35.5. The molecule has 1 aliphatic heterocycles. The van der Waals surface area contributed by atoms with Gasteiger partial charge in [0.1, 0.15) is 35.1 Å². The van der Waals surface area contributed by atoms with E-state index in [-0.39, 0.29) is 33.6 Å². The van der Waals surface area contributed by atoms with Gasteiger partial charge in [-0.1, -0.05) is 53.2 Å². The van der Waals surface area contributed by atoms with Crippen LogP contribution < -0.4 is 14.8 Å².